The van der Waals surface area contributed by atoms with Crippen molar-refractivity contribution in [3.05, 3.63) is 54.1 Å². The fourth-order valence-corrected chi connectivity index (χ4v) is 2.14. The number of hydrogen-bond acceptors (Lipinski definition) is 3. The molecule has 2 rings (SSSR count). The van der Waals surface area contributed by atoms with E-state index in [1.165, 1.54) is 0 Å². The van der Waals surface area contributed by atoms with Crippen molar-refractivity contribution in [2.24, 2.45) is 0 Å². The molecule has 1 heterocycles. The predicted octanol–water partition coefficient (Wildman–Crippen LogP) is 2.12. The first kappa shape index (κ1) is 13.8. The van der Waals surface area contributed by atoms with Gasteiger partial charge in [0, 0.05) is 19.3 Å². The molecule has 0 aliphatic heterocycles. The van der Waals surface area contributed by atoms with Crippen LogP contribution in [-0.4, -0.2) is 21.3 Å². The van der Waals surface area contributed by atoms with Gasteiger partial charge in [-0.3, -0.25) is 0 Å². The zero-order valence-corrected chi connectivity index (χ0v) is 11.3. The minimum absolute atomic E-state index is 0.0359. The highest BCUT2D eigenvalue weighted by molar-refractivity contribution is 5.19. The van der Waals surface area contributed by atoms with Crippen LogP contribution in [0.3, 0.4) is 0 Å². The summed E-state index contributed by atoms with van der Waals surface area (Å²) in [4.78, 5) is 4.18. The molecular weight excluding hydrogens is 238 g/mol. The van der Waals surface area contributed by atoms with Crippen LogP contribution in [0.1, 0.15) is 30.6 Å². The van der Waals surface area contributed by atoms with E-state index in [1.807, 2.05) is 42.9 Å². The second-order valence-corrected chi connectivity index (χ2v) is 4.61. The summed E-state index contributed by atoms with van der Waals surface area (Å²) in [5.74, 6) is 0. The Kier molecular flexibility index (Phi) is 5.12. The molecule has 1 aromatic carbocycles. The number of rotatable bonds is 7. The summed E-state index contributed by atoms with van der Waals surface area (Å²) in [6.07, 6.45) is 4.82. The van der Waals surface area contributed by atoms with E-state index in [0.717, 1.165) is 24.2 Å². The molecule has 1 unspecified atom stereocenters. The summed E-state index contributed by atoms with van der Waals surface area (Å²) >= 11 is 0. The van der Waals surface area contributed by atoms with Gasteiger partial charge in [-0.2, -0.15) is 0 Å². The number of hydrogen-bond donors (Lipinski definition) is 2. The molecule has 1 aromatic heterocycles. The Hall–Kier alpha value is -1.65. The molecule has 0 bridgehead atoms. The average molecular weight is 259 g/mol. The van der Waals surface area contributed by atoms with E-state index >= 15 is 0 Å². The molecule has 0 saturated heterocycles. The normalized spacial score (nSPS) is 12.5. The van der Waals surface area contributed by atoms with Crippen molar-refractivity contribution in [1.29, 1.82) is 0 Å². The minimum atomic E-state index is -0.0359. The number of imidazole rings is 1. The summed E-state index contributed by atoms with van der Waals surface area (Å²) in [5.41, 5.74) is 2.25. The van der Waals surface area contributed by atoms with Gasteiger partial charge in [0.1, 0.15) is 0 Å². The standard InChI is InChI=1S/C15H21N3O/c1-2-8-18-12-16-9-14(18)10-17-15(11-19)13-6-4-3-5-7-13/h3-7,9,12,15,17,19H,2,8,10-11H2,1H3. The molecule has 1 atom stereocenters. The van der Waals surface area contributed by atoms with Gasteiger partial charge in [0.05, 0.1) is 24.7 Å². The molecule has 4 nitrogen and oxygen atoms in total. The van der Waals surface area contributed by atoms with Gasteiger partial charge >= 0.3 is 0 Å². The smallest absolute Gasteiger partial charge is 0.0948 e. The number of aliphatic hydroxyl groups excluding tert-OH is 1. The average Bonchev–Trinajstić information content (AvgIpc) is 2.89. The molecule has 0 radical (unpaired) electrons. The maximum Gasteiger partial charge on any atom is 0.0948 e. The van der Waals surface area contributed by atoms with Gasteiger partial charge in [-0.05, 0) is 12.0 Å². The topological polar surface area (TPSA) is 50.1 Å². The van der Waals surface area contributed by atoms with Crippen molar-refractivity contribution in [2.45, 2.75) is 32.5 Å². The van der Waals surface area contributed by atoms with Crippen LogP contribution in [0.15, 0.2) is 42.9 Å². The molecule has 102 valence electrons. The summed E-state index contributed by atoms with van der Waals surface area (Å²) in [6.45, 7) is 3.93. The summed E-state index contributed by atoms with van der Waals surface area (Å²) in [6, 6.07) is 9.97. The van der Waals surface area contributed by atoms with Crippen LogP contribution in [0.4, 0.5) is 0 Å². The molecule has 4 heteroatoms. The first-order valence-electron chi connectivity index (χ1n) is 6.73. The number of benzene rings is 1. The lowest BCUT2D eigenvalue weighted by Gasteiger charge is -2.17. The van der Waals surface area contributed by atoms with Crippen LogP contribution in [0, 0.1) is 0 Å². The van der Waals surface area contributed by atoms with Gasteiger partial charge in [0.25, 0.3) is 0 Å². The molecule has 0 saturated carbocycles. The van der Waals surface area contributed by atoms with Gasteiger partial charge < -0.3 is 15.0 Å². The van der Waals surface area contributed by atoms with Crippen LogP contribution in [0.5, 0.6) is 0 Å². The number of aliphatic hydroxyl groups is 1. The molecule has 0 aliphatic carbocycles. The highest BCUT2D eigenvalue weighted by Crippen LogP contribution is 2.12. The first-order valence-corrected chi connectivity index (χ1v) is 6.73. The predicted molar refractivity (Wildman–Crippen MR) is 75.6 cm³/mol. The van der Waals surface area contributed by atoms with Crippen LogP contribution < -0.4 is 5.32 Å². The van der Waals surface area contributed by atoms with E-state index < -0.39 is 0 Å². The second kappa shape index (κ2) is 7.07. The Balaban J connectivity index is 1.98. The zero-order valence-electron chi connectivity index (χ0n) is 11.3. The lowest BCUT2D eigenvalue weighted by molar-refractivity contribution is 0.243. The summed E-state index contributed by atoms with van der Waals surface area (Å²) < 4.78 is 2.15. The van der Waals surface area contributed by atoms with E-state index in [4.69, 9.17) is 0 Å². The van der Waals surface area contributed by atoms with Crippen molar-refractivity contribution in [2.75, 3.05) is 6.61 Å². The third-order valence-electron chi connectivity index (χ3n) is 3.18. The summed E-state index contributed by atoms with van der Waals surface area (Å²) in [7, 11) is 0. The number of aromatic nitrogens is 2. The molecule has 0 fully saturated rings. The Labute approximate surface area is 114 Å². The number of aryl methyl sites for hydroxylation is 1. The van der Waals surface area contributed by atoms with Crippen LogP contribution >= 0.6 is 0 Å². The van der Waals surface area contributed by atoms with E-state index in [2.05, 4.69) is 21.8 Å². The Bertz CT molecular complexity index is 481. The molecule has 19 heavy (non-hydrogen) atoms. The Morgan fingerprint density at radius 3 is 2.79 bits per heavy atom. The lowest BCUT2D eigenvalue weighted by Crippen LogP contribution is -2.25. The lowest BCUT2D eigenvalue weighted by atomic mass is 10.1. The SMILES string of the molecule is CCCn1cncc1CNC(CO)c1ccccc1. The Morgan fingerprint density at radius 2 is 2.11 bits per heavy atom. The van der Waals surface area contributed by atoms with Crippen LogP contribution in [0.2, 0.25) is 0 Å². The molecule has 0 amide bonds. The molecule has 2 N–H and O–H groups in total. The maximum atomic E-state index is 9.50. The van der Waals surface area contributed by atoms with E-state index in [9.17, 15) is 5.11 Å². The highest BCUT2D eigenvalue weighted by Gasteiger charge is 2.10. The van der Waals surface area contributed by atoms with Crippen molar-refractivity contribution in [3.63, 3.8) is 0 Å². The van der Waals surface area contributed by atoms with E-state index in [-0.39, 0.29) is 12.6 Å². The third kappa shape index (κ3) is 3.66. The fourth-order valence-electron chi connectivity index (χ4n) is 2.14. The minimum Gasteiger partial charge on any atom is -0.394 e. The van der Waals surface area contributed by atoms with Crippen molar-refractivity contribution in [3.8, 4) is 0 Å². The second-order valence-electron chi connectivity index (χ2n) is 4.61. The maximum absolute atomic E-state index is 9.50. The number of nitrogens with zero attached hydrogens (tertiary/aromatic N) is 2. The largest absolute Gasteiger partial charge is 0.394 e. The van der Waals surface area contributed by atoms with Gasteiger partial charge in [-0.1, -0.05) is 37.3 Å². The van der Waals surface area contributed by atoms with Gasteiger partial charge in [-0.15, -0.1) is 0 Å². The summed E-state index contributed by atoms with van der Waals surface area (Å²) in [5, 5.41) is 12.9. The zero-order chi connectivity index (χ0) is 13.5. The van der Waals surface area contributed by atoms with Crippen molar-refractivity contribution in [1.82, 2.24) is 14.9 Å². The Morgan fingerprint density at radius 1 is 1.32 bits per heavy atom. The third-order valence-corrected chi connectivity index (χ3v) is 3.18. The molecular formula is C15H21N3O. The first-order chi connectivity index (χ1) is 9.35. The molecule has 0 spiro atoms. The highest BCUT2D eigenvalue weighted by atomic mass is 16.3. The monoisotopic (exact) mass is 259 g/mol. The molecule has 0 aliphatic rings. The quantitative estimate of drug-likeness (QED) is 0.800. The van der Waals surface area contributed by atoms with Crippen LogP contribution in [0.25, 0.3) is 0 Å². The van der Waals surface area contributed by atoms with Gasteiger partial charge in [0.2, 0.25) is 0 Å². The van der Waals surface area contributed by atoms with E-state index in [0.29, 0.717) is 6.54 Å². The van der Waals surface area contributed by atoms with Crippen molar-refractivity contribution >= 4 is 0 Å². The van der Waals surface area contributed by atoms with E-state index in [1.54, 1.807) is 0 Å². The van der Waals surface area contributed by atoms with Gasteiger partial charge in [0.15, 0.2) is 0 Å². The van der Waals surface area contributed by atoms with Crippen LogP contribution in [-0.2, 0) is 13.1 Å². The van der Waals surface area contributed by atoms with Crippen molar-refractivity contribution < 1.29 is 5.11 Å². The van der Waals surface area contributed by atoms with Gasteiger partial charge in [-0.25, -0.2) is 4.98 Å². The molecule has 2 aromatic rings. The number of nitrogens with one attached hydrogen (secondary N) is 1. The fraction of sp³-hybridized carbons (Fsp3) is 0.400.